The van der Waals surface area contributed by atoms with Gasteiger partial charge in [0.2, 0.25) is 22.8 Å². The van der Waals surface area contributed by atoms with E-state index in [1.165, 1.54) is 24.3 Å². The van der Waals surface area contributed by atoms with E-state index in [2.05, 4.69) is 20.7 Å². The predicted molar refractivity (Wildman–Crippen MR) is 92.1 cm³/mol. The average molecular weight is 436 g/mol. The summed E-state index contributed by atoms with van der Waals surface area (Å²) in [5.41, 5.74) is 0.270. The lowest BCUT2D eigenvalue weighted by molar-refractivity contribution is -0.132. The third-order valence-electron chi connectivity index (χ3n) is 3.11. The Bertz CT molecular complexity index is 796. The molecule has 0 saturated heterocycles. The maximum atomic E-state index is 13.4. The number of aromatic hydroxyl groups is 1. The van der Waals surface area contributed by atoms with Crippen LogP contribution in [0.15, 0.2) is 28.7 Å². The third-order valence-corrected chi connectivity index (χ3v) is 4.43. The summed E-state index contributed by atoms with van der Waals surface area (Å²) in [7, 11) is 0. The topological polar surface area (TPSA) is 109 Å². The van der Waals surface area contributed by atoms with Gasteiger partial charge in [0.05, 0.1) is 4.83 Å². The first kappa shape index (κ1) is 19.6. The number of rotatable bonds is 7. The van der Waals surface area contributed by atoms with Gasteiger partial charge in [-0.05, 0) is 18.6 Å². The van der Waals surface area contributed by atoms with Crippen molar-refractivity contribution in [1.29, 1.82) is 0 Å². The van der Waals surface area contributed by atoms with Crippen molar-refractivity contribution in [2.75, 3.05) is 6.54 Å². The molecule has 136 valence electrons. The fourth-order valence-electron chi connectivity index (χ4n) is 2.10. The van der Waals surface area contributed by atoms with Gasteiger partial charge in [0.25, 0.3) is 0 Å². The van der Waals surface area contributed by atoms with Crippen molar-refractivity contribution in [2.45, 2.75) is 18.2 Å². The lowest BCUT2D eigenvalue weighted by Gasteiger charge is -2.08. The van der Waals surface area contributed by atoms with Crippen LogP contribution in [0, 0.1) is 5.82 Å². The number of carbonyl (C=O) groups excluding carboxylic acids is 1. The van der Waals surface area contributed by atoms with Crippen molar-refractivity contribution >= 4 is 33.2 Å². The molecule has 3 N–H and O–H groups in total. The molecule has 0 spiro atoms. The van der Waals surface area contributed by atoms with E-state index in [0.717, 1.165) is 6.92 Å². The first-order valence-corrected chi connectivity index (χ1v) is 9.10. The second kappa shape index (κ2) is 8.56. The fraction of sp³-hybridized carbons (Fsp3) is 0.267. The van der Waals surface area contributed by atoms with E-state index in [4.69, 9.17) is 13.7 Å². The van der Waals surface area contributed by atoms with Crippen molar-refractivity contribution in [1.82, 2.24) is 4.72 Å². The summed E-state index contributed by atoms with van der Waals surface area (Å²) in [4.78, 5) is 10.8. The maximum absolute atomic E-state index is 13.4. The zero-order valence-electron chi connectivity index (χ0n) is 13.0. The van der Waals surface area contributed by atoms with E-state index in [0.29, 0.717) is 0 Å². The molecule has 10 heteroatoms. The van der Waals surface area contributed by atoms with Crippen molar-refractivity contribution < 1.29 is 32.2 Å². The minimum Gasteiger partial charge on any atom is -0.502 e. The zero-order valence-corrected chi connectivity index (χ0v) is 15.4. The molecule has 0 amide bonds. The average Bonchev–Trinajstić information content (AvgIpc) is 2.83. The zero-order chi connectivity index (χ0) is 18.6. The molecule has 0 bridgehead atoms. The molecule has 0 radical (unpaired) electrons. The van der Waals surface area contributed by atoms with E-state index >= 15 is 0 Å². The lowest BCUT2D eigenvalue weighted by Crippen LogP contribution is -2.18. The van der Waals surface area contributed by atoms with Crippen molar-refractivity contribution in [3.63, 3.8) is 0 Å². The molecule has 0 aliphatic carbocycles. The molecule has 25 heavy (non-hydrogen) atoms. The maximum Gasteiger partial charge on any atom is 0.308 e. The van der Waals surface area contributed by atoms with E-state index in [1.54, 1.807) is 0 Å². The number of carbonyl (C=O) groups is 1. The van der Waals surface area contributed by atoms with Gasteiger partial charge in [-0.1, -0.05) is 28.1 Å². The Hall–Kier alpha value is -1.75. The standard InChI is InChI=1S/C15H15BrFNO6S/c1-8(19)23-15-12(20)13(9-3-2-4-10(17)7-9)24-14(15)11(16)5-6-18-25(21)22/h2-4,7,11,18,20H,5-6H2,1H3,(H,21,22). The largest absolute Gasteiger partial charge is 0.502 e. The molecule has 0 aliphatic heterocycles. The Kier molecular flexibility index (Phi) is 6.71. The van der Waals surface area contributed by atoms with Gasteiger partial charge in [0.1, 0.15) is 5.82 Å². The predicted octanol–water partition coefficient (Wildman–Crippen LogP) is 3.27. The summed E-state index contributed by atoms with van der Waals surface area (Å²) in [5, 5.41) is 10.3. The molecule has 7 nitrogen and oxygen atoms in total. The van der Waals surface area contributed by atoms with Gasteiger partial charge in [-0.3, -0.25) is 9.35 Å². The third kappa shape index (κ3) is 5.11. The van der Waals surface area contributed by atoms with Crippen molar-refractivity contribution in [2.24, 2.45) is 0 Å². The van der Waals surface area contributed by atoms with Crippen molar-refractivity contribution in [3.8, 4) is 22.8 Å². The summed E-state index contributed by atoms with van der Waals surface area (Å²) >= 11 is 1.16. The fourth-order valence-corrected chi connectivity index (χ4v) is 2.93. The molecule has 2 unspecified atom stereocenters. The van der Waals surface area contributed by atoms with Crippen LogP contribution in [-0.4, -0.2) is 26.4 Å². The highest BCUT2D eigenvalue weighted by Crippen LogP contribution is 2.48. The van der Waals surface area contributed by atoms with E-state index in [9.17, 15) is 18.5 Å². The first-order valence-electron chi connectivity index (χ1n) is 7.08. The minimum atomic E-state index is -2.16. The summed E-state index contributed by atoms with van der Waals surface area (Å²) in [5.74, 6) is -1.74. The Balaban J connectivity index is 2.38. The van der Waals surface area contributed by atoms with Crippen LogP contribution >= 0.6 is 15.9 Å². The Morgan fingerprint density at radius 2 is 2.24 bits per heavy atom. The smallest absolute Gasteiger partial charge is 0.308 e. The number of furan rings is 1. The minimum absolute atomic E-state index is 0.0473. The molecule has 0 fully saturated rings. The molecule has 1 aromatic carbocycles. The molecule has 2 atom stereocenters. The van der Waals surface area contributed by atoms with Gasteiger partial charge in [0, 0.05) is 19.0 Å². The number of alkyl halides is 1. The van der Waals surface area contributed by atoms with Crippen LogP contribution in [0.5, 0.6) is 11.5 Å². The van der Waals surface area contributed by atoms with Crippen LogP contribution in [0.3, 0.4) is 0 Å². The number of ether oxygens (including phenoxy) is 1. The Morgan fingerprint density at radius 1 is 1.52 bits per heavy atom. The monoisotopic (exact) mass is 435 g/mol. The Morgan fingerprint density at radius 3 is 2.84 bits per heavy atom. The van der Waals surface area contributed by atoms with E-state index < -0.39 is 33.6 Å². The lowest BCUT2D eigenvalue weighted by atomic mass is 10.1. The summed E-state index contributed by atoms with van der Waals surface area (Å²) in [6.45, 7) is 1.31. The summed E-state index contributed by atoms with van der Waals surface area (Å²) < 4.78 is 45.7. The van der Waals surface area contributed by atoms with E-state index in [1.807, 2.05) is 0 Å². The first-order chi connectivity index (χ1) is 11.8. The molecule has 0 aliphatic rings. The molecular formula is C15H15BrFNO6S. The molecular weight excluding hydrogens is 421 g/mol. The highest BCUT2D eigenvalue weighted by atomic mass is 79.9. The Labute approximate surface area is 153 Å². The SMILES string of the molecule is CC(=O)Oc1c(C(Br)CCNS(=O)O)oc(-c2cccc(F)c2)c1O. The van der Waals surface area contributed by atoms with Gasteiger partial charge in [0.15, 0.2) is 11.5 Å². The summed E-state index contributed by atoms with van der Waals surface area (Å²) in [6.07, 6.45) is 0.288. The van der Waals surface area contributed by atoms with Crippen LogP contribution in [0.4, 0.5) is 4.39 Å². The van der Waals surface area contributed by atoms with E-state index in [-0.39, 0.29) is 35.8 Å². The number of nitrogens with one attached hydrogen (secondary N) is 1. The molecule has 2 rings (SSSR count). The second-order valence-corrected chi connectivity index (χ2v) is 6.87. The summed E-state index contributed by atoms with van der Waals surface area (Å²) in [6, 6.07) is 5.39. The van der Waals surface area contributed by atoms with Crippen LogP contribution < -0.4 is 9.46 Å². The number of hydrogen-bond donors (Lipinski definition) is 3. The number of halogens is 2. The highest BCUT2D eigenvalue weighted by Gasteiger charge is 2.28. The highest BCUT2D eigenvalue weighted by molar-refractivity contribution is 9.09. The van der Waals surface area contributed by atoms with Crippen LogP contribution in [-0.2, 0) is 16.1 Å². The van der Waals surface area contributed by atoms with Gasteiger partial charge in [-0.25, -0.2) is 13.3 Å². The van der Waals surface area contributed by atoms with Gasteiger partial charge >= 0.3 is 5.97 Å². The second-order valence-electron chi connectivity index (χ2n) is 4.98. The van der Waals surface area contributed by atoms with Gasteiger partial charge in [-0.15, -0.1) is 0 Å². The molecule has 2 aromatic rings. The number of hydrogen-bond acceptors (Lipinski definition) is 5. The molecule has 1 heterocycles. The quantitative estimate of drug-likeness (QED) is 0.349. The molecule has 1 aromatic heterocycles. The van der Waals surface area contributed by atoms with Crippen LogP contribution in [0.25, 0.3) is 11.3 Å². The number of esters is 1. The van der Waals surface area contributed by atoms with Gasteiger partial charge in [-0.2, -0.15) is 0 Å². The molecule has 0 saturated carbocycles. The van der Waals surface area contributed by atoms with Crippen molar-refractivity contribution in [3.05, 3.63) is 35.8 Å². The number of benzene rings is 1. The van der Waals surface area contributed by atoms with Crippen LogP contribution in [0.1, 0.15) is 23.9 Å². The van der Waals surface area contributed by atoms with Gasteiger partial charge < -0.3 is 14.3 Å². The van der Waals surface area contributed by atoms with Crippen LogP contribution in [0.2, 0.25) is 0 Å². The normalized spacial score (nSPS) is 13.4.